The highest BCUT2D eigenvalue weighted by Gasteiger charge is 2.32. The zero-order valence-corrected chi connectivity index (χ0v) is 10.0. The van der Waals surface area contributed by atoms with Gasteiger partial charge in [-0.3, -0.25) is 4.79 Å². The van der Waals surface area contributed by atoms with Gasteiger partial charge in [0.25, 0.3) is 5.91 Å². The molecule has 0 atom stereocenters. The molecule has 0 aromatic carbocycles. The zero-order chi connectivity index (χ0) is 11.6. The highest BCUT2D eigenvalue weighted by Crippen LogP contribution is 2.25. The molecule has 1 aromatic rings. The molecule has 0 fully saturated rings. The summed E-state index contributed by atoms with van der Waals surface area (Å²) in [5, 5.41) is 1.64. The Balaban J connectivity index is 2.74. The number of hydrogen-bond acceptors (Lipinski definition) is 2. The number of carbonyl (C=O) groups excluding carboxylic acids is 1. The lowest BCUT2D eigenvalue weighted by atomic mass is 10.4. The third-order valence-electron chi connectivity index (χ3n) is 1.57. The van der Waals surface area contributed by atoms with Gasteiger partial charge in [0.1, 0.15) is 11.4 Å². The number of thiophene rings is 1. The van der Waals surface area contributed by atoms with Crippen molar-refractivity contribution < 1.29 is 18.0 Å². The standard InChI is InChI=1S/C8H7BrF3NOS/c1-13(4-8(10,11)12)7(14)6-5(9)2-3-15-6/h2-3H,4H2,1H3. The Hall–Kier alpha value is -0.560. The Bertz CT molecular complexity index is 363. The Kier molecular flexibility index (Phi) is 3.77. The summed E-state index contributed by atoms with van der Waals surface area (Å²) in [4.78, 5) is 12.4. The van der Waals surface area contributed by atoms with Crippen molar-refractivity contribution in [1.82, 2.24) is 4.90 Å². The van der Waals surface area contributed by atoms with E-state index < -0.39 is 18.6 Å². The summed E-state index contributed by atoms with van der Waals surface area (Å²) >= 11 is 4.20. The lowest BCUT2D eigenvalue weighted by Gasteiger charge is -2.18. The van der Waals surface area contributed by atoms with Gasteiger partial charge in [0.05, 0.1) is 0 Å². The van der Waals surface area contributed by atoms with Gasteiger partial charge in [0.2, 0.25) is 0 Å². The van der Waals surface area contributed by atoms with Crippen molar-refractivity contribution in [2.75, 3.05) is 13.6 Å². The fourth-order valence-electron chi connectivity index (χ4n) is 0.960. The summed E-state index contributed by atoms with van der Waals surface area (Å²) in [7, 11) is 1.13. The van der Waals surface area contributed by atoms with Crippen LogP contribution in [0.2, 0.25) is 0 Å². The van der Waals surface area contributed by atoms with Gasteiger partial charge in [0, 0.05) is 11.5 Å². The molecule has 0 saturated carbocycles. The Morgan fingerprint density at radius 1 is 1.60 bits per heavy atom. The number of halogens is 4. The average molecular weight is 302 g/mol. The first-order valence-electron chi connectivity index (χ1n) is 3.86. The molecule has 0 aliphatic heterocycles. The summed E-state index contributed by atoms with van der Waals surface area (Å²) in [6.07, 6.45) is -4.37. The van der Waals surface area contributed by atoms with Crippen molar-refractivity contribution in [3.8, 4) is 0 Å². The van der Waals surface area contributed by atoms with Crippen molar-refractivity contribution in [3.63, 3.8) is 0 Å². The van der Waals surface area contributed by atoms with E-state index in [-0.39, 0.29) is 4.88 Å². The molecule has 84 valence electrons. The van der Waals surface area contributed by atoms with Gasteiger partial charge in [-0.25, -0.2) is 0 Å². The SMILES string of the molecule is CN(CC(F)(F)F)C(=O)c1sccc1Br. The second-order valence-electron chi connectivity index (χ2n) is 2.87. The summed E-state index contributed by atoms with van der Waals surface area (Å²) in [6, 6.07) is 1.62. The van der Waals surface area contributed by atoms with Crippen LogP contribution in [-0.2, 0) is 0 Å². The van der Waals surface area contributed by atoms with Crippen LogP contribution < -0.4 is 0 Å². The van der Waals surface area contributed by atoms with Crippen LogP contribution in [0.1, 0.15) is 9.67 Å². The van der Waals surface area contributed by atoms with Gasteiger partial charge in [-0.05, 0) is 27.4 Å². The number of rotatable bonds is 2. The van der Waals surface area contributed by atoms with Gasteiger partial charge < -0.3 is 4.90 Å². The van der Waals surface area contributed by atoms with Crippen molar-refractivity contribution in [2.24, 2.45) is 0 Å². The van der Waals surface area contributed by atoms with E-state index in [1.54, 1.807) is 11.4 Å². The van der Waals surface area contributed by atoms with Crippen LogP contribution in [0.4, 0.5) is 13.2 Å². The van der Waals surface area contributed by atoms with E-state index in [0.29, 0.717) is 9.37 Å². The largest absolute Gasteiger partial charge is 0.406 e. The van der Waals surface area contributed by atoms with Crippen LogP contribution in [-0.4, -0.2) is 30.6 Å². The lowest BCUT2D eigenvalue weighted by molar-refractivity contribution is -0.138. The minimum atomic E-state index is -4.37. The molecule has 0 bridgehead atoms. The van der Waals surface area contributed by atoms with Crippen LogP contribution in [0.3, 0.4) is 0 Å². The van der Waals surface area contributed by atoms with Gasteiger partial charge in [-0.1, -0.05) is 0 Å². The van der Waals surface area contributed by atoms with E-state index in [1.165, 1.54) is 0 Å². The van der Waals surface area contributed by atoms with Crippen LogP contribution in [0, 0.1) is 0 Å². The van der Waals surface area contributed by atoms with Crippen molar-refractivity contribution in [1.29, 1.82) is 0 Å². The summed E-state index contributed by atoms with van der Waals surface area (Å²) < 4.78 is 36.5. The first kappa shape index (κ1) is 12.5. The summed E-state index contributed by atoms with van der Waals surface area (Å²) in [5.74, 6) is -0.630. The number of hydrogen-bond donors (Lipinski definition) is 0. The molecule has 0 radical (unpaired) electrons. The van der Waals surface area contributed by atoms with Crippen LogP contribution >= 0.6 is 27.3 Å². The second kappa shape index (κ2) is 4.52. The lowest BCUT2D eigenvalue weighted by Crippen LogP contribution is -2.35. The number of alkyl halides is 3. The molecule has 0 aliphatic carbocycles. The van der Waals surface area contributed by atoms with E-state index in [9.17, 15) is 18.0 Å². The summed E-state index contributed by atoms with van der Waals surface area (Å²) in [6.45, 7) is -1.24. The topological polar surface area (TPSA) is 20.3 Å². The molecule has 0 N–H and O–H groups in total. The second-order valence-corrected chi connectivity index (χ2v) is 4.64. The molecular weight excluding hydrogens is 295 g/mol. The third kappa shape index (κ3) is 3.49. The fraction of sp³-hybridized carbons (Fsp3) is 0.375. The highest BCUT2D eigenvalue weighted by atomic mass is 79.9. The van der Waals surface area contributed by atoms with E-state index in [0.717, 1.165) is 18.4 Å². The zero-order valence-electron chi connectivity index (χ0n) is 7.64. The maximum absolute atomic E-state index is 12.0. The molecule has 0 unspecified atom stereocenters. The van der Waals surface area contributed by atoms with E-state index in [4.69, 9.17) is 0 Å². The molecule has 2 nitrogen and oxygen atoms in total. The Morgan fingerprint density at radius 3 is 2.60 bits per heavy atom. The highest BCUT2D eigenvalue weighted by molar-refractivity contribution is 9.10. The van der Waals surface area contributed by atoms with Crippen molar-refractivity contribution >= 4 is 33.2 Å². The molecule has 0 spiro atoms. The monoisotopic (exact) mass is 301 g/mol. The van der Waals surface area contributed by atoms with Crippen molar-refractivity contribution in [3.05, 3.63) is 20.8 Å². The van der Waals surface area contributed by atoms with Crippen LogP contribution in [0.25, 0.3) is 0 Å². The van der Waals surface area contributed by atoms with Gasteiger partial charge in [0.15, 0.2) is 0 Å². The Morgan fingerprint density at radius 2 is 2.20 bits per heavy atom. The normalized spacial score (nSPS) is 11.5. The third-order valence-corrected chi connectivity index (χ3v) is 3.40. The minimum Gasteiger partial charge on any atom is -0.332 e. The van der Waals surface area contributed by atoms with E-state index in [2.05, 4.69) is 15.9 Å². The smallest absolute Gasteiger partial charge is 0.332 e. The summed E-state index contributed by atoms with van der Waals surface area (Å²) in [5.41, 5.74) is 0. The van der Waals surface area contributed by atoms with Crippen LogP contribution in [0.5, 0.6) is 0 Å². The fourth-order valence-corrected chi connectivity index (χ4v) is 2.50. The number of nitrogens with zero attached hydrogens (tertiary/aromatic N) is 1. The van der Waals surface area contributed by atoms with Crippen LogP contribution in [0.15, 0.2) is 15.9 Å². The van der Waals surface area contributed by atoms with Crippen molar-refractivity contribution in [2.45, 2.75) is 6.18 Å². The molecule has 0 saturated heterocycles. The predicted octanol–water partition coefficient (Wildman–Crippen LogP) is 3.14. The Labute approximate surface area is 96.8 Å². The molecule has 1 amide bonds. The van der Waals surface area contributed by atoms with Gasteiger partial charge in [-0.15, -0.1) is 11.3 Å². The maximum atomic E-state index is 12.0. The quantitative estimate of drug-likeness (QED) is 0.822. The van der Waals surface area contributed by atoms with E-state index in [1.807, 2.05) is 0 Å². The first-order chi connectivity index (χ1) is 6.81. The molecule has 1 heterocycles. The number of carbonyl (C=O) groups is 1. The van der Waals surface area contributed by atoms with E-state index >= 15 is 0 Å². The first-order valence-corrected chi connectivity index (χ1v) is 5.54. The average Bonchev–Trinajstić information content (AvgIpc) is 2.47. The predicted molar refractivity (Wildman–Crippen MR) is 55.0 cm³/mol. The molecule has 7 heteroatoms. The van der Waals surface area contributed by atoms with Gasteiger partial charge in [-0.2, -0.15) is 13.2 Å². The van der Waals surface area contributed by atoms with Gasteiger partial charge >= 0.3 is 6.18 Å². The molecule has 1 rings (SSSR count). The molecule has 15 heavy (non-hydrogen) atoms. The number of amides is 1. The molecular formula is C8H7BrF3NOS. The maximum Gasteiger partial charge on any atom is 0.406 e. The molecule has 0 aliphatic rings. The minimum absolute atomic E-state index is 0.279. The molecule has 1 aromatic heterocycles.